The van der Waals surface area contributed by atoms with E-state index < -0.39 is 0 Å². The lowest BCUT2D eigenvalue weighted by atomic mass is 10.1. The van der Waals surface area contributed by atoms with Gasteiger partial charge in [0, 0.05) is 29.4 Å². The molecule has 4 aromatic rings. The molecule has 7 heteroatoms. The SMILES string of the molecule is Oc1cccc(-c2cc3c(-c4ccnc(NC5CCCC5)n4)ccc(NC4CCCC4)n3n2)c1. The third-order valence-corrected chi connectivity index (χ3v) is 7.09. The number of rotatable bonds is 6. The van der Waals surface area contributed by atoms with Crippen molar-refractivity contribution in [3.05, 3.63) is 54.7 Å². The minimum Gasteiger partial charge on any atom is -0.508 e. The van der Waals surface area contributed by atoms with Crippen molar-refractivity contribution in [1.29, 1.82) is 0 Å². The molecule has 2 saturated carbocycles. The van der Waals surface area contributed by atoms with Gasteiger partial charge in [0.05, 0.1) is 16.9 Å². The Morgan fingerprint density at radius 2 is 1.59 bits per heavy atom. The average Bonchev–Trinajstić information content (AvgIpc) is 3.62. The Morgan fingerprint density at radius 3 is 2.35 bits per heavy atom. The molecule has 0 radical (unpaired) electrons. The highest BCUT2D eigenvalue weighted by molar-refractivity contribution is 5.83. The first kappa shape index (κ1) is 21.0. The number of phenolic OH excluding ortho intramolecular Hbond substituents is 1. The van der Waals surface area contributed by atoms with Gasteiger partial charge in [-0.05, 0) is 62.1 Å². The van der Waals surface area contributed by atoms with Crippen molar-refractivity contribution < 1.29 is 5.11 Å². The number of pyridine rings is 1. The van der Waals surface area contributed by atoms with Gasteiger partial charge in [-0.15, -0.1) is 0 Å². The Morgan fingerprint density at radius 1 is 0.824 bits per heavy atom. The third-order valence-electron chi connectivity index (χ3n) is 7.09. The van der Waals surface area contributed by atoms with Crippen molar-refractivity contribution >= 4 is 17.3 Å². The fourth-order valence-electron chi connectivity index (χ4n) is 5.32. The highest BCUT2D eigenvalue weighted by atomic mass is 16.3. The number of nitrogens with one attached hydrogen (secondary N) is 2. The number of phenols is 1. The summed E-state index contributed by atoms with van der Waals surface area (Å²) < 4.78 is 1.99. The van der Waals surface area contributed by atoms with E-state index in [-0.39, 0.29) is 5.75 Å². The van der Waals surface area contributed by atoms with Crippen LogP contribution in [0.4, 0.5) is 11.8 Å². The monoisotopic (exact) mass is 454 g/mol. The van der Waals surface area contributed by atoms with Crippen LogP contribution in [0.5, 0.6) is 5.75 Å². The number of aromatic hydroxyl groups is 1. The van der Waals surface area contributed by atoms with Crippen LogP contribution in [-0.2, 0) is 0 Å². The number of aromatic nitrogens is 4. The molecule has 2 aliphatic carbocycles. The van der Waals surface area contributed by atoms with Crippen molar-refractivity contribution in [2.75, 3.05) is 10.6 Å². The molecule has 34 heavy (non-hydrogen) atoms. The maximum atomic E-state index is 10.0. The standard InChI is InChI=1S/C27H30N6O/c34-21-11-5-6-18(16-21)24-17-25-22(12-13-26(33(25)32-24)29-19-7-1-2-8-19)23-14-15-28-27(31-23)30-20-9-3-4-10-20/h5-6,11-17,19-20,29,34H,1-4,7-10H2,(H,28,30,31). The van der Waals surface area contributed by atoms with E-state index in [2.05, 4.69) is 33.8 Å². The Kier molecular flexibility index (Phi) is 5.53. The van der Waals surface area contributed by atoms with Crippen LogP contribution in [0.3, 0.4) is 0 Å². The van der Waals surface area contributed by atoms with Crippen molar-refractivity contribution in [2.45, 2.75) is 63.5 Å². The first-order valence-electron chi connectivity index (χ1n) is 12.4. The molecule has 0 unspecified atom stereocenters. The van der Waals surface area contributed by atoms with Gasteiger partial charge in [0.1, 0.15) is 11.6 Å². The zero-order valence-corrected chi connectivity index (χ0v) is 19.2. The molecule has 1 aromatic carbocycles. The molecule has 174 valence electrons. The van der Waals surface area contributed by atoms with Crippen LogP contribution in [0.2, 0.25) is 0 Å². The maximum Gasteiger partial charge on any atom is 0.223 e. The molecule has 2 aliphatic rings. The number of benzene rings is 1. The van der Waals surface area contributed by atoms with Gasteiger partial charge in [0.15, 0.2) is 0 Å². The third kappa shape index (κ3) is 4.18. The van der Waals surface area contributed by atoms with Crippen LogP contribution < -0.4 is 10.6 Å². The molecule has 0 aliphatic heterocycles. The van der Waals surface area contributed by atoms with E-state index in [1.807, 2.05) is 28.9 Å². The Labute approximate surface area is 199 Å². The smallest absolute Gasteiger partial charge is 0.223 e. The summed E-state index contributed by atoms with van der Waals surface area (Å²) in [5, 5.41) is 22.2. The van der Waals surface area contributed by atoms with Crippen molar-refractivity contribution in [3.8, 4) is 28.3 Å². The van der Waals surface area contributed by atoms with Crippen LogP contribution in [-0.4, -0.2) is 36.8 Å². The van der Waals surface area contributed by atoms with E-state index in [1.54, 1.807) is 12.1 Å². The summed E-state index contributed by atoms with van der Waals surface area (Å²) in [6, 6.07) is 16.4. The molecule has 0 saturated heterocycles. The maximum absolute atomic E-state index is 10.0. The summed E-state index contributed by atoms with van der Waals surface area (Å²) >= 11 is 0. The number of fused-ring (bicyclic) bond motifs is 1. The van der Waals surface area contributed by atoms with E-state index in [4.69, 9.17) is 10.1 Å². The van der Waals surface area contributed by atoms with Gasteiger partial charge in [0.25, 0.3) is 0 Å². The predicted octanol–water partition coefficient (Wildman–Crippen LogP) is 5.87. The summed E-state index contributed by atoms with van der Waals surface area (Å²) in [5.41, 5.74) is 4.55. The van der Waals surface area contributed by atoms with Gasteiger partial charge in [-0.25, -0.2) is 14.5 Å². The molecule has 0 amide bonds. The number of anilines is 2. The van der Waals surface area contributed by atoms with Crippen molar-refractivity contribution in [3.63, 3.8) is 0 Å². The minimum atomic E-state index is 0.234. The quantitative estimate of drug-likeness (QED) is 0.338. The average molecular weight is 455 g/mol. The normalized spacial score (nSPS) is 16.9. The molecule has 0 bridgehead atoms. The van der Waals surface area contributed by atoms with Crippen LogP contribution in [0, 0.1) is 0 Å². The molecular weight excluding hydrogens is 424 g/mol. The van der Waals surface area contributed by atoms with Crippen LogP contribution in [0.25, 0.3) is 28.0 Å². The second kappa shape index (κ2) is 8.97. The molecule has 2 fully saturated rings. The van der Waals surface area contributed by atoms with Gasteiger partial charge in [-0.3, -0.25) is 0 Å². The lowest BCUT2D eigenvalue weighted by Gasteiger charge is -2.16. The summed E-state index contributed by atoms with van der Waals surface area (Å²) in [6.45, 7) is 0. The highest BCUT2D eigenvalue weighted by Gasteiger charge is 2.20. The first-order valence-corrected chi connectivity index (χ1v) is 12.4. The second-order valence-corrected chi connectivity index (χ2v) is 9.53. The molecule has 0 spiro atoms. The zero-order valence-electron chi connectivity index (χ0n) is 19.2. The van der Waals surface area contributed by atoms with E-state index in [0.717, 1.165) is 33.8 Å². The number of hydrogen-bond acceptors (Lipinski definition) is 6. The molecule has 0 atom stereocenters. The van der Waals surface area contributed by atoms with E-state index in [0.29, 0.717) is 18.0 Å². The van der Waals surface area contributed by atoms with E-state index in [9.17, 15) is 5.11 Å². The lowest BCUT2D eigenvalue weighted by Crippen LogP contribution is -2.17. The molecule has 7 nitrogen and oxygen atoms in total. The largest absolute Gasteiger partial charge is 0.508 e. The summed E-state index contributed by atoms with van der Waals surface area (Å²) in [7, 11) is 0. The Bertz CT molecular complexity index is 1300. The van der Waals surface area contributed by atoms with Gasteiger partial charge in [-0.2, -0.15) is 5.10 Å². The van der Waals surface area contributed by atoms with Crippen LogP contribution >= 0.6 is 0 Å². The van der Waals surface area contributed by atoms with Crippen LogP contribution in [0.15, 0.2) is 54.7 Å². The fraction of sp³-hybridized carbons (Fsp3) is 0.370. The van der Waals surface area contributed by atoms with Crippen molar-refractivity contribution in [2.24, 2.45) is 0 Å². The summed E-state index contributed by atoms with van der Waals surface area (Å²) in [4.78, 5) is 9.33. The first-order chi connectivity index (χ1) is 16.7. The predicted molar refractivity (Wildman–Crippen MR) is 135 cm³/mol. The minimum absolute atomic E-state index is 0.234. The van der Waals surface area contributed by atoms with Gasteiger partial charge in [-0.1, -0.05) is 37.8 Å². The number of hydrogen-bond donors (Lipinski definition) is 3. The molecule has 6 rings (SSSR count). The van der Waals surface area contributed by atoms with Crippen LogP contribution in [0.1, 0.15) is 51.4 Å². The van der Waals surface area contributed by atoms with Gasteiger partial charge < -0.3 is 15.7 Å². The summed E-state index contributed by atoms with van der Waals surface area (Å²) in [5.74, 6) is 1.90. The Hall–Kier alpha value is -3.61. The zero-order chi connectivity index (χ0) is 22.9. The highest BCUT2D eigenvalue weighted by Crippen LogP contribution is 2.32. The summed E-state index contributed by atoms with van der Waals surface area (Å²) in [6.07, 6.45) is 11.6. The topological polar surface area (TPSA) is 87.4 Å². The molecular formula is C27H30N6O. The number of nitrogens with zero attached hydrogens (tertiary/aromatic N) is 4. The molecule has 3 N–H and O–H groups in total. The molecule has 3 heterocycles. The second-order valence-electron chi connectivity index (χ2n) is 9.53. The fourth-order valence-corrected chi connectivity index (χ4v) is 5.32. The lowest BCUT2D eigenvalue weighted by molar-refractivity contribution is 0.475. The van der Waals surface area contributed by atoms with E-state index >= 15 is 0 Å². The van der Waals surface area contributed by atoms with E-state index in [1.165, 1.54) is 51.4 Å². The van der Waals surface area contributed by atoms with Gasteiger partial charge >= 0.3 is 0 Å². The van der Waals surface area contributed by atoms with Gasteiger partial charge in [0.2, 0.25) is 5.95 Å². The molecule has 3 aromatic heterocycles. The van der Waals surface area contributed by atoms with Crippen molar-refractivity contribution in [1.82, 2.24) is 19.6 Å². The Balaban J connectivity index is 1.42.